The molecule has 1 N–H and O–H groups in total. The Morgan fingerprint density at radius 2 is 2.28 bits per heavy atom. The number of hydrogen-bond acceptors (Lipinski definition) is 3. The van der Waals surface area contributed by atoms with Crippen LogP contribution in [-0.4, -0.2) is 21.0 Å². The van der Waals surface area contributed by atoms with Crippen molar-refractivity contribution < 1.29 is 4.39 Å². The Morgan fingerprint density at radius 1 is 1.44 bits per heavy atom. The fourth-order valence-corrected chi connectivity index (χ4v) is 2.42. The third kappa shape index (κ3) is 2.69. The van der Waals surface area contributed by atoms with Crippen molar-refractivity contribution in [2.75, 3.05) is 0 Å². The summed E-state index contributed by atoms with van der Waals surface area (Å²) in [7, 11) is 0. The van der Waals surface area contributed by atoms with Gasteiger partial charge in [0, 0.05) is 16.2 Å². The van der Waals surface area contributed by atoms with Gasteiger partial charge in [0.2, 0.25) is 0 Å². The maximum absolute atomic E-state index is 13.0. The lowest BCUT2D eigenvalue weighted by atomic mass is 10.3. The Labute approximate surface area is 118 Å². The summed E-state index contributed by atoms with van der Waals surface area (Å²) in [6, 6.07) is 5.28. The largest absolute Gasteiger partial charge is 0.308 e. The fourth-order valence-electron chi connectivity index (χ4n) is 1.70. The monoisotopic (exact) mass is 358 g/mol. The lowest BCUT2D eigenvalue weighted by Crippen LogP contribution is -2.15. The van der Waals surface area contributed by atoms with Gasteiger partial charge in [-0.15, -0.1) is 5.10 Å². The molecule has 6 heteroatoms. The summed E-state index contributed by atoms with van der Waals surface area (Å²) in [5.74, 6) is -0.237. The second-order valence-electron chi connectivity index (χ2n) is 4.41. The van der Waals surface area contributed by atoms with E-state index in [-0.39, 0.29) is 5.82 Å². The predicted molar refractivity (Wildman–Crippen MR) is 73.9 cm³/mol. The standard InChI is InChI=1S/C12H12FIN4/c13-8-1-4-12(11(14)5-8)18-7-10(16-17-18)6-15-9-2-3-9/h1,4-5,7,9,15H,2-3,6H2. The highest BCUT2D eigenvalue weighted by Crippen LogP contribution is 2.20. The molecule has 4 nitrogen and oxygen atoms in total. The molecule has 18 heavy (non-hydrogen) atoms. The Bertz CT molecular complexity index is 565. The lowest BCUT2D eigenvalue weighted by molar-refractivity contribution is 0.625. The third-order valence-corrected chi connectivity index (χ3v) is 3.71. The maximum Gasteiger partial charge on any atom is 0.124 e. The van der Waals surface area contributed by atoms with Crippen molar-refractivity contribution in [1.29, 1.82) is 0 Å². The van der Waals surface area contributed by atoms with E-state index in [1.807, 2.05) is 6.20 Å². The smallest absolute Gasteiger partial charge is 0.124 e. The average Bonchev–Trinajstić information content (AvgIpc) is 3.05. The molecule has 1 heterocycles. The number of nitrogens with one attached hydrogen (secondary N) is 1. The van der Waals surface area contributed by atoms with E-state index in [1.165, 1.54) is 25.0 Å². The van der Waals surface area contributed by atoms with Crippen molar-refractivity contribution in [2.24, 2.45) is 0 Å². The molecule has 0 spiro atoms. The molecular weight excluding hydrogens is 346 g/mol. The molecule has 1 aliphatic carbocycles. The van der Waals surface area contributed by atoms with Gasteiger partial charge in [-0.2, -0.15) is 0 Å². The van der Waals surface area contributed by atoms with E-state index in [2.05, 4.69) is 38.2 Å². The minimum atomic E-state index is -0.237. The Morgan fingerprint density at radius 3 is 3.00 bits per heavy atom. The summed E-state index contributed by atoms with van der Waals surface area (Å²) >= 11 is 2.10. The van der Waals surface area contributed by atoms with Gasteiger partial charge in [0.05, 0.1) is 17.6 Å². The molecule has 0 bridgehead atoms. The molecule has 1 aromatic heterocycles. The van der Waals surface area contributed by atoms with Gasteiger partial charge in [0.1, 0.15) is 5.82 Å². The minimum Gasteiger partial charge on any atom is -0.308 e. The van der Waals surface area contributed by atoms with Crippen LogP contribution in [0.2, 0.25) is 0 Å². The number of rotatable bonds is 4. The van der Waals surface area contributed by atoms with E-state index in [4.69, 9.17) is 0 Å². The van der Waals surface area contributed by atoms with Crippen molar-refractivity contribution in [1.82, 2.24) is 20.3 Å². The van der Waals surface area contributed by atoms with Crippen LogP contribution in [0.5, 0.6) is 0 Å². The quantitative estimate of drug-likeness (QED) is 0.853. The molecular formula is C12H12FIN4. The van der Waals surface area contributed by atoms with Gasteiger partial charge in [-0.05, 0) is 53.6 Å². The van der Waals surface area contributed by atoms with Crippen LogP contribution in [0.15, 0.2) is 24.4 Å². The molecule has 2 aromatic rings. The summed E-state index contributed by atoms with van der Waals surface area (Å²) in [5, 5.41) is 11.6. The molecule has 0 unspecified atom stereocenters. The number of benzene rings is 1. The average molecular weight is 358 g/mol. The summed E-state index contributed by atoms with van der Waals surface area (Å²) in [6.45, 7) is 0.739. The molecule has 1 saturated carbocycles. The molecule has 0 aliphatic heterocycles. The van der Waals surface area contributed by atoms with E-state index in [9.17, 15) is 4.39 Å². The van der Waals surface area contributed by atoms with Crippen LogP contribution >= 0.6 is 22.6 Å². The molecule has 0 atom stereocenters. The maximum atomic E-state index is 13.0. The summed E-state index contributed by atoms with van der Waals surface area (Å²) in [6.07, 6.45) is 4.39. The first-order chi connectivity index (χ1) is 8.72. The number of nitrogens with zero attached hydrogens (tertiary/aromatic N) is 3. The first-order valence-corrected chi connectivity index (χ1v) is 6.90. The van der Waals surface area contributed by atoms with Crippen LogP contribution in [0.4, 0.5) is 4.39 Å². The second kappa shape index (κ2) is 4.93. The number of halogens is 2. The van der Waals surface area contributed by atoms with E-state index in [0.717, 1.165) is 21.5 Å². The van der Waals surface area contributed by atoms with E-state index in [1.54, 1.807) is 10.7 Å². The highest BCUT2D eigenvalue weighted by molar-refractivity contribution is 14.1. The molecule has 0 amide bonds. The van der Waals surface area contributed by atoms with Crippen LogP contribution in [0, 0.1) is 9.39 Å². The summed E-state index contributed by atoms with van der Waals surface area (Å²) < 4.78 is 15.5. The molecule has 0 saturated heterocycles. The van der Waals surface area contributed by atoms with Gasteiger partial charge < -0.3 is 5.32 Å². The highest BCUT2D eigenvalue weighted by atomic mass is 127. The van der Waals surface area contributed by atoms with Crippen molar-refractivity contribution in [3.63, 3.8) is 0 Å². The first kappa shape index (κ1) is 12.0. The van der Waals surface area contributed by atoms with E-state index >= 15 is 0 Å². The second-order valence-corrected chi connectivity index (χ2v) is 5.57. The van der Waals surface area contributed by atoms with Gasteiger partial charge in [-0.3, -0.25) is 0 Å². The lowest BCUT2D eigenvalue weighted by Gasteiger charge is -2.02. The predicted octanol–water partition coefficient (Wildman–Crippen LogP) is 2.26. The fraction of sp³-hybridized carbons (Fsp3) is 0.333. The van der Waals surface area contributed by atoms with Crippen molar-refractivity contribution >= 4 is 22.6 Å². The van der Waals surface area contributed by atoms with Gasteiger partial charge in [0.25, 0.3) is 0 Å². The number of hydrogen-bond donors (Lipinski definition) is 1. The van der Waals surface area contributed by atoms with Gasteiger partial charge >= 0.3 is 0 Å². The van der Waals surface area contributed by atoms with Crippen LogP contribution in [-0.2, 0) is 6.54 Å². The summed E-state index contributed by atoms with van der Waals surface area (Å²) in [5.41, 5.74) is 1.75. The van der Waals surface area contributed by atoms with Gasteiger partial charge in [-0.25, -0.2) is 9.07 Å². The molecule has 94 valence electrons. The SMILES string of the molecule is Fc1ccc(-n2cc(CNC3CC3)nn2)c(I)c1. The van der Waals surface area contributed by atoms with Crippen LogP contribution in [0.3, 0.4) is 0 Å². The Hall–Kier alpha value is -1.02. The molecule has 3 rings (SSSR count). The van der Waals surface area contributed by atoms with Gasteiger partial charge in [0.15, 0.2) is 0 Å². The van der Waals surface area contributed by atoms with Crippen LogP contribution in [0.25, 0.3) is 5.69 Å². The Balaban J connectivity index is 1.78. The Kier molecular flexibility index (Phi) is 3.29. The third-order valence-electron chi connectivity index (χ3n) is 2.85. The molecule has 1 fully saturated rings. The minimum absolute atomic E-state index is 0.237. The van der Waals surface area contributed by atoms with Gasteiger partial charge in [-0.1, -0.05) is 5.21 Å². The van der Waals surface area contributed by atoms with E-state index in [0.29, 0.717) is 6.04 Å². The molecule has 1 aliphatic rings. The zero-order valence-corrected chi connectivity index (χ0v) is 11.8. The topological polar surface area (TPSA) is 42.7 Å². The van der Waals surface area contributed by atoms with E-state index < -0.39 is 0 Å². The van der Waals surface area contributed by atoms with Crippen LogP contribution < -0.4 is 5.32 Å². The van der Waals surface area contributed by atoms with Crippen LogP contribution in [0.1, 0.15) is 18.5 Å². The zero-order valence-electron chi connectivity index (χ0n) is 9.61. The summed E-state index contributed by atoms with van der Waals surface area (Å²) in [4.78, 5) is 0. The van der Waals surface area contributed by atoms with Crippen molar-refractivity contribution in [3.8, 4) is 5.69 Å². The highest BCUT2D eigenvalue weighted by Gasteiger charge is 2.20. The van der Waals surface area contributed by atoms with Crippen molar-refractivity contribution in [3.05, 3.63) is 39.5 Å². The normalized spacial score (nSPS) is 15.0. The molecule has 0 radical (unpaired) electrons. The van der Waals surface area contributed by atoms with Crippen molar-refractivity contribution in [2.45, 2.75) is 25.4 Å². The molecule has 1 aromatic carbocycles. The first-order valence-electron chi connectivity index (χ1n) is 5.82. The zero-order chi connectivity index (χ0) is 12.5. The number of aromatic nitrogens is 3.